The summed E-state index contributed by atoms with van der Waals surface area (Å²) in [5, 5.41) is 6.18. The summed E-state index contributed by atoms with van der Waals surface area (Å²) in [6.45, 7) is 11.5. The molecule has 1 aromatic heterocycles. The highest BCUT2D eigenvalue weighted by Gasteiger charge is 2.24. The maximum atomic E-state index is 13.9. The molecule has 2 fully saturated rings. The van der Waals surface area contributed by atoms with E-state index in [9.17, 15) is 13.6 Å². The Morgan fingerprint density at radius 2 is 1.62 bits per heavy atom. The summed E-state index contributed by atoms with van der Waals surface area (Å²) in [6, 6.07) is 14.8. The van der Waals surface area contributed by atoms with Gasteiger partial charge in [-0.1, -0.05) is 23.5 Å². The van der Waals surface area contributed by atoms with E-state index in [-0.39, 0.29) is 5.69 Å². The lowest BCUT2D eigenvalue weighted by Crippen LogP contribution is -2.48. The van der Waals surface area contributed by atoms with Crippen molar-refractivity contribution in [3.63, 3.8) is 0 Å². The molecule has 2 aliphatic rings. The van der Waals surface area contributed by atoms with Gasteiger partial charge in [0.1, 0.15) is 17.2 Å². The van der Waals surface area contributed by atoms with E-state index in [1.807, 2.05) is 12.1 Å². The molecule has 2 saturated heterocycles. The van der Waals surface area contributed by atoms with Crippen molar-refractivity contribution < 1.29 is 18.3 Å². The number of fused-ring (bicyclic) bond motifs is 1. The number of carbonyl (C=O) groups is 1. The van der Waals surface area contributed by atoms with Crippen molar-refractivity contribution in [3.05, 3.63) is 66.2 Å². The van der Waals surface area contributed by atoms with Gasteiger partial charge in [0.2, 0.25) is 0 Å². The van der Waals surface area contributed by atoms with E-state index in [1.165, 1.54) is 6.07 Å². The Labute approximate surface area is 247 Å². The first-order valence-corrected chi connectivity index (χ1v) is 15.1. The molecule has 0 radical (unpaired) electrons. The van der Waals surface area contributed by atoms with Crippen molar-refractivity contribution in [1.29, 1.82) is 0 Å². The van der Waals surface area contributed by atoms with Gasteiger partial charge in [-0.3, -0.25) is 4.90 Å². The number of morpholine rings is 1. The van der Waals surface area contributed by atoms with E-state index >= 15 is 0 Å². The Bertz CT molecular complexity index is 1560. The zero-order valence-electron chi connectivity index (χ0n) is 23.7. The summed E-state index contributed by atoms with van der Waals surface area (Å²) in [5.74, 6) is -1.54. The number of carbonyl (C=O) groups excluding carboxylic acids is 1. The highest BCUT2D eigenvalue weighted by Crippen LogP contribution is 2.39. The molecule has 0 bridgehead atoms. The summed E-state index contributed by atoms with van der Waals surface area (Å²) < 4.78 is 33.8. The van der Waals surface area contributed by atoms with Crippen LogP contribution in [0.3, 0.4) is 0 Å². The third-order valence-electron chi connectivity index (χ3n) is 7.79. The molecule has 220 valence electrons. The Balaban J connectivity index is 1.24. The molecule has 8 nitrogen and oxygen atoms in total. The molecule has 0 spiro atoms. The van der Waals surface area contributed by atoms with Crippen LogP contribution in [0, 0.1) is 11.6 Å². The molecule has 0 aliphatic carbocycles. The number of thiazole rings is 1. The third-order valence-corrected chi connectivity index (χ3v) is 8.85. The Hall–Kier alpha value is -3.80. The summed E-state index contributed by atoms with van der Waals surface area (Å²) in [5.41, 5.74) is 4.65. The van der Waals surface area contributed by atoms with Gasteiger partial charge in [0.15, 0.2) is 5.13 Å². The van der Waals surface area contributed by atoms with Crippen LogP contribution < -0.4 is 20.4 Å². The topological polar surface area (TPSA) is 73.0 Å². The van der Waals surface area contributed by atoms with Crippen LogP contribution >= 0.6 is 11.3 Å². The van der Waals surface area contributed by atoms with Crippen LogP contribution in [0.15, 0.2) is 54.6 Å². The van der Waals surface area contributed by atoms with E-state index in [4.69, 9.17) is 9.72 Å². The van der Waals surface area contributed by atoms with Crippen molar-refractivity contribution in [2.24, 2.45) is 0 Å². The van der Waals surface area contributed by atoms with Gasteiger partial charge in [-0.05, 0) is 61.4 Å². The Morgan fingerprint density at radius 3 is 2.31 bits per heavy atom. The van der Waals surface area contributed by atoms with E-state index in [2.05, 4.69) is 51.3 Å². The average Bonchev–Trinajstić information content (AvgIpc) is 3.43. The van der Waals surface area contributed by atoms with Crippen LogP contribution in [0.4, 0.5) is 35.8 Å². The van der Waals surface area contributed by atoms with Gasteiger partial charge in [-0.2, -0.15) is 0 Å². The quantitative estimate of drug-likeness (QED) is 0.276. The lowest BCUT2D eigenvalue weighted by Gasteiger charge is -2.36. The highest BCUT2D eigenvalue weighted by molar-refractivity contribution is 7.22. The van der Waals surface area contributed by atoms with Gasteiger partial charge in [0.05, 0.1) is 29.3 Å². The molecule has 6 rings (SSSR count). The van der Waals surface area contributed by atoms with Crippen molar-refractivity contribution >= 4 is 49.8 Å². The maximum absolute atomic E-state index is 13.9. The number of rotatable bonds is 6. The minimum atomic E-state index is -0.837. The lowest BCUT2D eigenvalue weighted by molar-refractivity contribution is 0.123. The Kier molecular flexibility index (Phi) is 8.23. The van der Waals surface area contributed by atoms with Gasteiger partial charge < -0.3 is 25.2 Å². The second-order valence-corrected chi connectivity index (χ2v) is 11.8. The molecular weight excluding hydrogens is 558 g/mol. The average molecular weight is 593 g/mol. The number of anilines is 4. The van der Waals surface area contributed by atoms with Gasteiger partial charge >= 0.3 is 6.03 Å². The Morgan fingerprint density at radius 1 is 0.881 bits per heavy atom. The fraction of sp³-hybridized carbons (Fsp3) is 0.355. The molecular formula is C31H34F2N6O2S. The van der Waals surface area contributed by atoms with Crippen molar-refractivity contribution in [2.75, 3.05) is 72.9 Å². The summed E-state index contributed by atoms with van der Waals surface area (Å²) in [7, 11) is 0. The normalized spacial score (nSPS) is 16.3. The first-order chi connectivity index (χ1) is 20.3. The molecule has 2 aliphatic heterocycles. The van der Waals surface area contributed by atoms with Gasteiger partial charge in [-0.15, -0.1) is 0 Å². The van der Waals surface area contributed by atoms with Crippen LogP contribution in [-0.4, -0.2) is 74.4 Å². The van der Waals surface area contributed by atoms with E-state index in [0.717, 1.165) is 83.6 Å². The number of piperazine rings is 1. The molecule has 4 aromatic rings. The fourth-order valence-electron chi connectivity index (χ4n) is 5.40. The van der Waals surface area contributed by atoms with Crippen LogP contribution in [0.1, 0.15) is 13.8 Å². The minimum absolute atomic E-state index is 0.0970. The largest absolute Gasteiger partial charge is 0.378 e. The smallest absolute Gasteiger partial charge is 0.323 e. The van der Waals surface area contributed by atoms with Crippen LogP contribution in [0.25, 0.3) is 21.3 Å². The number of hydrogen-bond acceptors (Lipinski definition) is 7. The SMILES string of the molecule is CC(C)N1CCN(c2nc3c(N4CCOCC4)cc(-c4ccc(NC(=O)Nc5ccc(F)cc5F)cc4)cc3s2)CC1. The monoisotopic (exact) mass is 592 g/mol. The zero-order chi connectivity index (χ0) is 29.2. The van der Waals surface area contributed by atoms with E-state index in [0.29, 0.717) is 24.9 Å². The molecule has 2 N–H and O–H groups in total. The van der Waals surface area contributed by atoms with Crippen molar-refractivity contribution in [1.82, 2.24) is 9.88 Å². The third kappa shape index (κ3) is 6.18. The first-order valence-electron chi connectivity index (χ1n) is 14.2. The number of hydrogen-bond donors (Lipinski definition) is 2. The number of nitrogens with zero attached hydrogens (tertiary/aromatic N) is 4. The number of aromatic nitrogens is 1. The van der Waals surface area contributed by atoms with E-state index in [1.54, 1.807) is 23.5 Å². The zero-order valence-corrected chi connectivity index (χ0v) is 24.5. The van der Waals surface area contributed by atoms with Crippen molar-refractivity contribution in [3.8, 4) is 11.1 Å². The molecule has 0 unspecified atom stereocenters. The van der Waals surface area contributed by atoms with Gasteiger partial charge in [0, 0.05) is 57.1 Å². The molecule has 42 heavy (non-hydrogen) atoms. The van der Waals surface area contributed by atoms with Crippen LogP contribution in [-0.2, 0) is 4.74 Å². The van der Waals surface area contributed by atoms with Crippen molar-refractivity contribution in [2.45, 2.75) is 19.9 Å². The first kappa shape index (κ1) is 28.3. The molecule has 2 amide bonds. The summed E-state index contributed by atoms with van der Waals surface area (Å²) in [6.07, 6.45) is 0. The molecule has 3 aromatic carbocycles. The van der Waals surface area contributed by atoms with E-state index < -0.39 is 17.7 Å². The number of halogens is 2. The number of urea groups is 1. The van der Waals surface area contributed by atoms with Crippen LogP contribution in [0.5, 0.6) is 0 Å². The number of benzene rings is 3. The highest BCUT2D eigenvalue weighted by atomic mass is 32.1. The molecule has 0 atom stereocenters. The lowest BCUT2D eigenvalue weighted by atomic mass is 10.0. The second-order valence-electron chi connectivity index (χ2n) is 10.8. The molecule has 0 saturated carbocycles. The number of nitrogens with one attached hydrogen (secondary N) is 2. The predicted octanol–water partition coefficient (Wildman–Crippen LogP) is 6.25. The van der Waals surface area contributed by atoms with Gasteiger partial charge in [0.25, 0.3) is 0 Å². The number of amides is 2. The van der Waals surface area contributed by atoms with Crippen LogP contribution in [0.2, 0.25) is 0 Å². The maximum Gasteiger partial charge on any atom is 0.323 e. The predicted molar refractivity (Wildman–Crippen MR) is 166 cm³/mol. The fourth-order valence-corrected chi connectivity index (χ4v) is 6.48. The summed E-state index contributed by atoms with van der Waals surface area (Å²) >= 11 is 1.73. The van der Waals surface area contributed by atoms with Gasteiger partial charge in [-0.25, -0.2) is 18.6 Å². The molecule has 11 heteroatoms. The second kappa shape index (κ2) is 12.2. The minimum Gasteiger partial charge on any atom is -0.378 e. The number of ether oxygens (including phenoxy) is 1. The standard InChI is InChI=1S/C31H34F2N6O2S/c1-20(2)37-9-11-39(12-10-37)31-36-29-27(38-13-15-41-16-14-38)17-22(18-28(29)42-31)21-3-6-24(7-4-21)34-30(40)35-26-8-5-23(32)19-25(26)33/h3-8,17-20H,9-16H2,1-2H3,(H2,34,35,40). The summed E-state index contributed by atoms with van der Waals surface area (Å²) in [4.78, 5) is 24.8. The molecule has 3 heterocycles.